The van der Waals surface area contributed by atoms with Gasteiger partial charge in [-0.2, -0.15) is 0 Å². The van der Waals surface area contributed by atoms with Crippen LogP contribution in [0.3, 0.4) is 0 Å². The molecule has 1 amide bonds. The molecule has 20 heavy (non-hydrogen) atoms. The Hall–Kier alpha value is -2.11. The van der Waals surface area contributed by atoms with Crippen molar-refractivity contribution in [1.82, 2.24) is 5.32 Å². The zero-order valence-corrected chi connectivity index (χ0v) is 11.5. The molecule has 1 aromatic carbocycles. The summed E-state index contributed by atoms with van der Waals surface area (Å²) in [4.78, 5) is 22.3. The van der Waals surface area contributed by atoms with Crippen molar-refractivity contribution in [2.75, 3.05) is 18.9 Å². The van der Waals surface area contributed by atoms with Gasteiger partial charge in [0, 0.05) is 25.2 Å². The Balaban J connectivity index is 1.96. The maximum absolute atomic E-state index is 12.0. The average molecular weight is 277 g/mol. The first-order valence-corrected chi connectivity index (χ1v) is 6.86. The molecule has 6 nitrogen and oxygen atoms in total. The van der Waals surface area contributed by atoms with Gasteiger partial charge in [-0.3, -0.25) is 14.9 Å². The zero-order valence-electron chi connectivity index (χ0n) is 11.5. The fraction of sp³-hybridized carbons (Fsp3) is 0.500. The molecule has 108 valence electrons. The molecule has 1 fully saturated rings. The number of nitro benzene ring substituents is 1. The molecule has 0 radical (unpaired) electrons. The summed E-state index contributed by atoms with van der Waals surface area (Å²) < 4.78 is 0. The standard InChI is InChI=1S/C14H19N3O3/c1-15-12-9-11(5-6-13(12)17(19)20)14(18)16-8-7-10-3-2-4-10/h5-6,9-10,15H,2-4,7-8H2,1H3,(H,16,18). The first-order chi connectivity index (χ1) is 9.61. The summed E-state index contributed by atoms with van der Waals surface area (Å²) in [5.74, 6) is 0.566. The van der Waals surface area contributed by atoms with E-state index < -0.39 is 4.92 Å². The third-order valence-electron chi connectivity index (χ3n) is 3.79. The monoisotopic (exact) mass is 277 g/mol. The summed E-state index contributed by atoms with van der Waals surface area (Å²) >= 11 is 0. The van der Waals surface area contributed by atoms with Crippen molar-refractivity contribution in [2.24, 2.45) is 5.92 Å². The van der Waals surface area contributed by atoms with Crippen molar-refractivity contribution in [1.29, 1.82) is 0 Å². The van der Waals surface area contributed by atoms with Crippen LogP contribution in [0.5, 0.6) is 0 Å². The number of anilines is 1. The SMILES string of the molecule is CNc1cc(C(=O)NCCC2CCC2)ccc1[N+](=O)[O-]. The third kappa shape index (κ3) is 3.26. The van der Waals surface area contributed by atoms with Crippen molar-refractivity contribution < 1.29 is 9.72 Å². The second-order valence-electron chi connectivity index (χ2n) is 5.08. The molecule has 6 heteroatoms. The Morgan fingerprint density at radius 1 is 1.45 bits per heavy atom. The second kappa shape index (κ2) is 6.36. The highest BCUT2D eigenvalue weighted by atomic mass is 16.6. The van der Waals surface area contributed by atoms with Crippen LogP contribution in [-0.2, 0) is 0 Å². The van der Waals surface area contributed by atoms with E-state index in [2.05, 4.69) is 10.6 Å². The number of hydrogen-bond acceptors (Lipinski definition) is 4. The summed E-state index contributed by atoms with van der Waals surface area (Å²) in [6.07, 6.45) is 4.83. The molecule has 1 aliphatic carbocycles. The van der Waals surface area contributed by atoms with Crippen LogP contribution in [0, 0.1) is 16.0 Å². The zero-order chi connectivity index (χ0) is 14.5. The van der Waals surface area contributed by atoms with Crippen LogP contribution < -0.4 is 10.6 Å². The van der Waals surface area contributed by atoms with Gasteiger partial charge in [0.2, 0.25) is 0 Å². The first-order valence-electron chi connectivity index (χ1n) is 6.86. The Labute approximate surface area is 117 Å². The van der Waals surface area contributed by atoms with E-state index >= 15 is 0 Å². The van der Waals surface area contributed by atoms with Gasteiger partial charge in [0.25, 0.3) is 11.6 Å². The predicted octanol–water partition coefficient (Wildman–Crippen LogP) is 2.56. The number of nitro groups is 1. The molecule has 0 saturated heterocycles. The van der Waals surface area contributed by atoms with Crippen LogP contribution >= 0.6 is 0 Å². The molecule has 1 aliphatic rings. The minimum absolute atomic E-state index is 0.0291. The van der Waals surface area contributed by atoms with E-state index in [1.165, 1.54) is 37.5 Å². The molecule has 0 aromatic heterocycles. The van der Waals surface area contributed by atoms with Crippen LogP contribution in [0.15, 0.2) is 18.2 Å². The number of hydrogen-bond donors (Lipinski definition) is 2. The van der Waals surface area contributed by atoms with Gasteiger partial charge in [0.05, 0.1) is 4.92 Å². The minimum atomic E-state index is -0.468. The van der Waals surface area contributed by atoms with Crippen LogP contribution in [0.1, 0.15) is 36.0 Å². The van der Waals surface area contributed by atoms with Crippen LogP contribution in [-0.4, -0.2) is 24.4 Å². The Morgan fingerprint density at radius 3 is 2.75 bits per heavy atom. The Morgan fingerprint density at radius 2 is 2.20 bits per heavy atom. The van der Waals surface area contributed by atoms with Gasteiger partial charge in [-0.05, 0) is 24.5 Å². The molecular formula is C14H19N3O3. The number of amides is 1. The quantitative estimate of drug-likeness (QED) is 0.618. The van der Waals surface area contributed by atoms with E-state index in [0.29, 0.717) is 17.8 Å². The van der Waals surface area contributed by atoms with Crippen molar-refractivity contribution in [3.8, 4) is 0 Å². The summed E-state index contributed by atoms with van der Waals surface area (Å²) in [7, 11) is 1.60. The van der Waals surface area contributed by atoms with Crippen molar-refractivity contribution in [3.63, 3.8) is 0 Å². The van der Waals surface area contributed by atoms with Gasteiger partial charge >= 0.3 is 0 Å². The highest BCUT2D eigenvalue weighted by Crippen LogP contribution is 2.29. The van der Waals surface area contributed by atoms with Crippen LogP contribution in [0.4, 0.5) is 11.4 Å². The molecule has 1 aromatic rings. The van der Waals surface area contributed by atoms with Crippen molar-refractivity contribution in [2.45, 2.75) is 25.7 Å². The fourth-order valence-corrected chi connectivity index (χ4v) is 2.31. The number of nitrogens with one attached hydrogen (secondary N) is 2. The van der Waals surface area contributed by atoms with E-state index in [9.17, 15) is 14.9 Å². The van der Waals surface area contributed by atoms with E-state index in [4.69, 9.17) is 0 Å². The number of nitrogens with zero attached hydrogens (tertiary/aromatic N) is 1. The summed E-state index contributed by atoms with van der Waals surface area (Å²) in [5, 5.41) is 16.4. The highest BCUT2D eigenvalue weighted by molar-refractivity contribution is 5.95. The average Bonchev–Trinajstić information content (AvgIpc) is 2.40. The van der Waals surface area contributed by atoms with Crippen LogP contribution in [0.25, 0.3) is 0 Å². The summed E-state index contributed by atoms with van der Waals surface area (Å²) in [6.45, 7) is 0.662. The maximum Gasteiger partial charge on any atom is 0.292 e. The lowest BCUT2D eigenvalue weighted by Gasteiger charge is -2.25. The van der Waals surface area contributed by atoms with Crippen molar-refractivity contribution >= 4 is 17.3 Å². The molecule has 0 bridgehead atoms. The lowest BCUT2D eigenvalue weighted by Crippen LogP contribution is -2.27. The van der Waals surface area contributed by atoms with Gasteiger partial charge in [-0.25, -0.2) is 0 Å². The number of carbonyl (C=O) groups excluding carboxylic acids is 1. The van der Waals surface area contributed by atoms with Crippen LogP contribution in [0.2, 0.25) is 0 Å². The van der Waals surface area contributed by atoms with Gasteiger partial charge in [-0.1, -0.05) is 19.3 Å². The fourth-order valence-electron chi connectivity index (χ4n) is 2.31. The minimum Gasteiger partial charge on any atom is -0.383 e. The van der Waals surface area contributed by atoms with Gasteiger partial charge < -0.3 is 10.6 Å². The van der Waals surface area contributed by atoms with Gasteiger partial charge in [-0.15, -0.1) is 0 Å². The molecular weight excluding hydrogens is 258 g/mol. The van der Waals surface area contributed by atoms with E-state index in [0.717, 1.165) is 12.3 Å². The first kappa shape index (κ1) is 14.3. The summed E-state index contributed by atoms with van der Waals surface area (Å²) in [6, 6.07) is 4.35. The Bertz CT molecular complexity index is 512. The Kier molecular flexibility index (Phi) is 4.55. The molecule has 0 atom stereocenters. The van der Waals surface area contributed by atoms with Gasteiger partial charge in [0.15, 0.2) is 0 Å². The topological polar surface area (TPSA) is 84.3 Å². The van der Waals surface area contributed by atoms with E-state index in [-0.39, 0.29) is 11.6 Å². The van der Waals surface area contributed by atoms with Gasteiger partial charge in [0.1, 0.15) is 5.69 Å². The number of carbonyl (C=O) groups is 1. The molecule has 0 spiro atoms. The normalized spacial score (nSPS) is 14.4. The molecule has 0 aliphatic heterocycles. The van der Waals surface area contributed by atoms with Crippen molar-refractivity contribution in [3.05, 3.63) is 33.9 Å². The lowest BCUT2D eigenvalue weighted by molar-refractivity contribution is -0.383. The number of benzene rings is 1. The lowest BCUT2D eigenvalue weighted by atomic mass is 9.83. The smallest absolute Gasteiger partial charge is 0.292 e. The van der Waals surface area contributed by atoms with E-state index in [1.54, 1.807) is 7.05 Å². The second-order valence-corrected chi connectivity index (χ2v) is 5.08. The third-order valence-corrected chi connectivity index (χ3v) is 3.79. The molecule has 0 unspecified atom stereocenters. The highest BCUT2D eigenvalue weighted by Gasteiger charge is 2.18. The molecule has 2 N–H and O–H groups in total. The molecule has 2 rings (SSSR count). The largest absolute Gasteiger partial charge is 0.383 e. The maximum atomic E-state index is 12.0. The molecule has 0 heterocycles. The summed E-state index contributed by atoms with van der Waals surface area (Å²) in [5.41, 5.74) is 0.758. The van der Waals surface area contributed by atoms with E-state index in [1.807, 2.05) is 0 Å². The predicted molar refractivity (Wildman–Crippen MR) is 76.9 cm³/mol. The number of rotatable bonds is 6. The molecule has 1 saturated carbocycles.